The maximum atomic E-state index is 12.2. The number of nitrogens with one attached hydrogen (secondary N) is 1. The van der Waals surface area contributed by atoms with Gasteiger partial charge in [-0.15, -0.1) is 0 Å². The van der Waals surface area contributed by atoms with Crippen molar-refractivity contribution in [2.45, 2.75) is 29.9 Å². The molecule has 1 aliphatic carbocycles. The summed E-state index contributed by atoms with van der Waals surface area (Å²) < 4.78 is 24.5. The van der Waals surface area contributed by atoms with Crippen LogP contribution in [0, 0.1) is 6.92 Å². The van der Waals surface area contributed by atoms with Crippen LogP contribution >= 0.6 is 11.6 Å². The van der Waals surface area contributed by atoms with E-state index in [0.29, 0.717) is 10.0 Å². The Morgan fingerprint density at radius 2 is 1.87 bits per heavy atom. The van der Waals surface area contributed by atoms with Crippen molar-refractivity contribution in [2.24, 2.45) is 0 Å². The van der Waals surface area contributed by atoms with E-state index in [1.807, 2.05) is 25.1 Å². The number of hydrogen-bond acceptors (Lipinski definition) is 3. The summed E-state index contributed by atoms with van der Waals surface area (Å²) >= 11 is 5.99. The van der Waals surface area contributed by atoms with Crippen LogP contribution in [0.4, 0.5) is 0 Å². The summed E-state index contributed by atoms with van der Waals surface area (Å²) in [7, 11) is -3.14. The zero-order valence-corrected chi connectivity index (χ0v) is 14.1. The first-order valence-corrected chi connectivity index (χ1v) is 9.38. The second kappa shape index (κ2) is 5.08. The Labute approximate surface area is 139 Å². The molecule has 2 heterocycles. The average molecular weight is 347 g/mol. The van der Waals surface area contributed by atoms with E-state index in [-0.39, 0.29) is 5.25 Å². The first-order valence-electron chi connectivity index (χ1n) is 7.45. The minimum Gasteiger partial charge on any atom is -0.354 e. The van der Waals surface area contributed by atoms with Gasteiger partial charge < -0.3 is 4.98 Å². The number of sulfone groups is 1. The molecule has 3 aromatic rings. The summed E-state index contributed by atoms with van der Waals surface area (Å²) in [4.78, 5) is 7.96. The van der Waals surface area contributed by atoms with Crippen LogP contribution in [0.1, 0.15) is 18.5 Å². The van der Waals surface area contributed by atoms with E-state index >= 15 is 0 Å². The lowest BCUT2D eigenvalue weighted by Gasteiger charge is -2.03. The number of aromatic amines is 1. The molecule has 6 heteroatoms. The van der Waals surface area contributed by atoms with E-state index in [4.69, 9.17) is 11.6 Å². The number of hydrogen-bond donors (Lipinski definition) is 1. The standard InChI is InChI=1S/C17H15ClN2O2S/c1-10-14-8-15(20-16(14)9-17(18)19-10)11-2-4-12(5-3-11)23(21,22)13-6-7-13/h2-5,8-9,13,20H,6-7H2,1H3. The highest BCUT2D eigenvalue weighted by Gasteiger charge is 2.36. The van der Waals surface area contributed by atoms with Gasteiger partial charge >= 0.3 is 0 Å². The minimum absolute atomic E-state index is 0.183. The largest absolute Gasteiger partial charge is 0.354 e. The smallest absolute Gasteiger partial charge is 0.181 e. The zero-order valence-electron chi connectivity index (χ0n) is 12.5. The lowest BCUT2D eigenvalue weighted by Crippen LogP contribution is -2.06. The van der Waals surface area contributed by atoms with Gasteiger partial charge in [-0.25, -0.2) is 13.4 Å². The third-order valence-electron chi connectivity index (χ3n) is 4.23. The van der Waals surface area contributed by atoms with E-state index in [1.165, 1.54) is 0 Å². The Bertz CT molecular complexity index is 1000. The van der Waals surface area contributed by atoms with Crippen LogP contribution in [-0.2, 0) is 9.84 Å². The van der Waals surface area contributed by atoms with Crippen LogP contribution in [-0.4, -0.2) is 23.6 Å². The molecule has 118 valence electrons. The Kier molecular flexibility index (Phi) is 3.25. The molecule has 1 fully saturated rings. The summed E-state index contributed by atoms with van der Waals surface area (Å²) in [6.07, 6.45) is 1.55. The molecule has 1 aliphatic rings. The van der Waals surface area contributed by atoms with Crippen LogP contribution in [0.5, 0.6) is 0 Å². The number of aryl methyl sites for hydroxylation is 1. The van der Waals surface area contributed by atoms with Gasteiger partial charge in [0.1, 0.15) is 5.15 Å². The summed E-state index contributed by atoms with van der Waals surface area (Å²) in [5, 5.41) is 1.28. The van der Waals surface area contributed by atoms with Gasteiger partial charge in [0.05, 0.1) is 15.7 Å². The molecule has 4 rings (SSSR count). The summed E-state index contributed by atoms with van der Waals surface area (Å²) in [6, 6.07) is 10.9. The summed E-state index contributed by atoms with van der Waals surface area (Å²) in [5.41, 5.74) is 3.64. The van der Waals surface area contributed by atoms with Crippen molar-refractivity contribution < 1.29 is 8.42 Å². The Morgan fingerprint density at radius 3 is 2.52 bits per heavy atom. The van der Waals surface area contributed by atoms with Gasteiger partial charge in [-0.2, -0.15) is 0 Å². The second-order valence-electron chi connectivity index (χ2n) is 5.94. The fourth-order valence-corrected chi connectivity index (χ4v) is 4.70. The molecule has 0 atom stereocenters. The van der Waals surface area contributed by atoms with Crippen LogP contribution in [0.15, 0.2) is 41.3 Å². The van der Waals surface area contributed by atoms with E-state index < -0.39 is 9.84 Å². The fourth-order valence-electron chi connectivity index (χ4n) is 2.81. The topological polar surface area (TPSA) is 62.8 Å². The molecule has 0 radical (unpaired) electrons. The first kappa shape index (κ1) is 14.7. The number of H-pyrrole nitrogens is 1. The number of benzene rings is 1. The summed E-state index contributed by atoms with van der Waals surface area (Å²) in [5.74, 6) is 0. The Balaban J connectivity index is 1.75. The third-order valence-corrected chi connectivity index (χ3v) is 6.70. The van der Waals surface area contributed by atoms with Crippen LogP contribution < -0.4 is 0 Å². The highest BCUT2D eigenvalue weighted by Crippen LogP contribution is 2.34. The van der Waals surface area contributed by atoms with Crippen molar-refractivity contribution in [1.82, 2.24) is 9.97 Å². The monoisotopic (exact) mass is 346 g/mol. The lowest BCUT2D eigenvalue weighted by atomic mass is 10.1. The molecule has 1 saturated carbocycles. The molecule has 23 heavy (non-hydrogen) atoms. The van der Waals surface area contributed by atoms with E-state index in [9.17, 15) is 8.42 Å². The molecule has 0 unspecified atom stereocenters. The molecule has 0 bridgehead atoms. The minimum atomic E-state index is -3.14. The van der Waals surface area contributed by atoms with Crippen LogP contribution in [0.25, 0.3) is 22.2 Å². The molecule has 1 N–H and O–H groups in total. The van der Waals surface area contributed by atoms with Crippen molar-refractivity contribution in [3.63, 3.8) is 0 Å². The quantitative estimate of drug-likeness (QED) is 0.725. The molecule has 1 aromatic carbocycles. The number of nitrogens with zero attached hydrogens (tertiary/aromatic N) is 1. The molecule has 0 saturated heterocycles. The van der Waals surface area contributed by atoms with E-state index in [2.05, 4.69) is 9.97 Å². The van der Waals surface area contributed by atoms with Gasteiger partial charge in [-0.3, -0.25) is 0 Å². The molecular weight excluding hydrogens is 332 g/mol. The van der Waals surface area contributed by atoms with Crippen molar-refractivity contribution in [3.8, 4) is 11.3 Å². The molecule has 2 aromatic heterocycles. The van der Waals surface area contributed by atoms with E-state index in [0.717, 1.165) is 40.7 Å². The van der Waals surface area contributed by atoms with Gasteiger partial charge in [0.15, 0.2) is 9.84 Å². The van der Waals surface area contributed by atoms with Gasteiger partial charge in [-0.1, -0.05) is 23.7 Å². The zero-order chi connectivity index (χ0) is 16.2. The maximum absolute atomic E-state index is 12.2. The van der Waals surface area contributed by atoms with Crippen molar-refractivity contribution in [3.05, 3.63) is 47.2 Å². The highest BCUT2D eigenvalue weighted by atomic mass is 35.5. The van der Waals surface area contributed by atoms with Gasteiger partial charge in [0.25, 0.3) is 0 Å². The fraction of sp³-hybridized carbons (Fsp3) is 0.235. The number of aromatic nitrogens is 2. The van der Waals surface area contributed by atoms with Crippen molar-refractivity contribution in [1.29, 1.82) is 0 Å². The predicted octanol–water partition coefficient (Wildman–Crippen LogP) is 4.13. The molecule has 0 amide bonds. The Morgan fingerprint density at radius 1 is 1.17 bits per heavy atom. The Hall–Kier alpha value is -1.85. The number of pyridine rings is 1. The average Bonchev–Trinajstić information content (AvgIpc) is 3.28. The lowest BCUT2D eigenvalue weighted by molar-refractivity contribution is 0.595. The van der Waals surface area contributed by atoms with Crippen LogP contribution in [0.3, 0.4) is 0 Å². The first-order chi connectivity index (χ1) is 10.9. The highest BCUT2D eigenvalue weighted by molar-refractivity contribution is 7.92. The SMILES string of the molecule is Cc1nc(Cl)cc2[nH]c(-c3ccc(S(=O)(=O)C4CC4)cc3)cc12. The van der Waals surface area contributed by atoms with Gasteiger partial charge in [0.2, 0.25) is 0 Å². The molecular formula is C17H15ClN2O2S. The van der Waals surface area contributed by atoms with Crippen LogP contribution in [0.2, 0.25) is 5.15 Å². The summed E-state index contributed by atoms with van der Waals surface area (Å²) in [6.45, 7) is 1.91. The number of rotatable bonds is 3. The maximum Gasteiger partial charge on any atom is 0.181 e. The molecule has 0 spiro atoms. The van der Waals surface area contributed by atoms with Gasteiger partial charge in [0, 0.05) is 16.8 Å². The van der Waals surface area contributed by atoms with Crippen molar-refractivity contribution in [2.75, 3.05) is 0 Å². The third kappa shape index (κ3) is 2.54. The molecule has 4 nitrogen and oxygen atoms in total. The normalized spacial score (nSPS) is 15.2. The van der Waals surface area contributed by atoms with E-state index in [1.54, 1.807) is 18.2 Å². The van der Waals surface area contributed by atoms with Gasteiger partial charge in [-0.05, 0) is 49.6 Å². The predicted molar refractivity (Wildman–Crippen MR) is 91.5 cm³/mol. The van der Waals surface area contributed by atoms with Crippen molar-refractivity contribution >= 4 is 32.3 Å². The second-order valence-corrected chi connectivity index (χ2v) is 8.56. The number of fused-ring (bicyclic) bond motifs is 1. The molecule has 0 aliphatic heterocycles. The number of halogens is 1.